The second-order valence-electron chi connectivity index (χ2n) is 5.47. The number of benzene rings is 2. The van der Waals surface area contributed by atoms with Gasteiger partial charge in [0, 0.05) is 6.04 Å². The molecule has 1 N–H and O–H groups in total. The maximum Gasteiger partial charge on any atom is 0.260 e. The summed E-state index contributed by atoms with van der Waals surface area (Å²) in [6.45, 7) is 5.91. The van der Waals surface area contributed by atoms with E-state index in [9.17, 15) is 4.79 Å². The van der Waals surface area contributed by atoms with E-state index in [4.69, 9.17) is 4.74 Å². The van der Waals surface area contributed by atoms with Crippen LogP contribution >= 0.6 is 0 Å². The van der Waals surface area contributed by atoms with Crippen molar-refractivity contribution in [2.24, 2.45) is 0 Å². The number of carbonyl (C=O) groups excluding carboxylic acids is 1. The van der Waals surface area contributed by atoms with Crippen LogP contribution in [0, 0.1) is 0 Å². The Labute approximate surface area is 126 Å². The number of rotatable bonds is 6. The van der Waals surface area contributed by atoms with Crippen LogP contribution in [0.1, 0.15) is 33.6 Å². The van der Waals surface area contributed by atoms with E-state index in [2.05, 4.69) is 18.3 Å². The largest absolute Gasteiger partial charge is 0.481 e. The summed E-state index contributed by atoms with van der Waals surface area (Å²) in [5.74, 6) is 0.656. The molecule has 2 aromatic rings. The lowest BCUT2D eigenvalue weighted by Gasteiger charge is -2.18. The molecule has 2 aromatic carbocycles. The van der Waals surface area contributed by atoms with Gasteiger partial charge in [-0.15, -0.1) is 0 Å². The van der Waals surface area contributed by atoms with E-state index in [-0.39, 0.29) is 11.9 Å². The third-order valence-electron chi connectivity index (χ3n) is 3.51. The highest BCUT2D eigenvalue weighted by atomic mass is 16.5. The zero-order chi connectivity index (χ0) is 15.2. The van der Waals surface area contributed by atoms with Crippen LogP contribution in [0.3, 0.4) is 0 Å². The van der Waals surface area contributed by atoms with E-state index in [1.54, 1.807) is 6.92 Å². The van der Waals surface area contributed by atoms with Crippen molar-refractivity contribution in [1.82, 2.24) is 5.32 Å². The van der Waals surface area contributed by atoms with E-state index >= 15 is 0 Å². The third kappa shape index (κ3) is 4.22. The summed E-state index contributed by atoms with van der Waals surface area (Å²) in [6, 6.07) is 14.2. The van der Waals surface area contributed by atoms with Crippen molar-refractivity contribution in [2.45, 2.75) is 45.8 Å². The number of amides is 1. The predicted molar refractivity (Wildman–Crippen MR) is 86.6 cm³/mol. The van der Waals surface area contributed by atoms with E-state index in [0.29, 0.717) is 0 Å². The molecule has 2 atom stereocenters. The van der Waals surface area contributed by atoms with Crippen molar-refractivity contribution in [3.8, 4) is 5.75 Å². The molecule has 21 heavy (non-hydrogen) atoms. The summed E-state index contributed by atoms with van der Waals surface area (Å²) < 4.78 is 5.75. The molecule has 0 aromatic heterocycles. The highest BCUT2D eigenvalue weighted by Gasteiger charge is 2.16. The highest BCUT2D eigenvalue weighted by molar-refractivity contribution is 5.84. The Hall–Kier alpha value is -2.03. The first-order chi connectivity index (χ1) is 10.1. The monoisotopic (exact) mass is 285 g/mol. The maximum absolute atomic E-state index is 12.1. The average molecular weight is 285 g/mol. The Balaban J connectivity index is 2.00. The molecule has 0 bridgehead atoms. The quantitative estimate of drug-likeness (QED) is 0.873. The van der Waals surface area contributed by atoms with Gasteiger partial charge in [-0.3, -0.25) is 4.79 Å². The van der Waals surface area contributed by atoms with Crippen LogP contribution < -0.4 is 10.1 Å². The van der Waals surface area contributed by atoms with Crippen LogP contribution in [0.2, 0.25) is 0 Å². The van der Waals surface area contributed by atoms with Crippen molar-refractivity contribution < 1.29 is 9.53 Å². The topological polar surface area (TPSA) is 38.3 Å². The smallest absolute Gasteiger partial charge is 0.260 e. The molecule has 3 heteroatoms. The van der Waals surface area contributed by atoms with Crippen molar-refractivity contribution >= 4 is 16.7 Å². The zero-order valence-corrected chi connectivity index (χ0v) is 12.9. The summed E-state index contributed by atoms with van der Waals surface area (Å²) in [5, 5.41) is 5.25. The van der Waals surface area contributed by atoms with Gasteiger partial charge in [0.05, 0.1) is 0 Å². The number of hydrogen-bond acceptors (Lipinski definition) is 2. The molecule has 0 spiro atoms. The molecule has 0 saturated carbocycles. The SMILES string of the molecule is CCCC(C)NC(=O)C(C)Oc1ccc2ccccc2c1. The summed E-state index contributed by atoms with van der Waals surface area (Å²) in [5.41, 5.74) is 0. The predicted octanol–water partition coefficient (Wildman–Crippen LogP) is 3.91. The molecule has 0 fully saturated rings. The van der Waals surface area contributed by atoms with Crippen LogP contribution in [0.4, 0.5) is 0 Å². The lowest BCUT2D eigenvalue weighted by molar-refractivity contribution is -0.127. The fraction of sp³-hybridized carbons (Fsp3) is 0.389. The first-order valence-corrected chi connectivity index (χ1v) is 7.56. The van der Waals surface area contributed by atoms with Crippen molar-refractivity contribution in [3.05, 3.63) is 42.5 Å². The first-order valence-electron chi connectivity index (χ1n) is 7.56. The van der Waals surface area contributed by atoms with Crippen molar-refractivity contribution in [3.63, 3.8) is 0 Å². The summed E-state index contributed by atoms with van der Waals surface area (Å²) in [7, 11) is 0. The van der Waals surface area contributed by atoms with Gasteiger partial charge in [0.1, 0.15) is 5.75 Å². The van der Waals surface area contributed by atoms with Crippen LogP contribution in [-0.2, 0) is 4.79 Å². The van der Waals surface area contributed by atoms with Gasteiger partial charge in [-0.1, -0.05) is 43.7 Å². The fourth-order valence-corrected chi connectivity index (χ4v) is 2.36. The number of hydrogen-bond donors (Lipinski definition) is 1. The van der Waals surface area contributed by atoms with Crippen LogP contribution in [0.25, 0.3) is 10.8 Å². The van der Waals surface area contributed by atoms with Gasteiger partial charge in [-0.05, 0) is 43.2 Å². The van der Waals surface area contributed by atoms with Gasteiger partial charge in [-0.2, -0.15) is 0 Å². The highest BCUT2D eigenvalue weighted by Crippen LogP contribution is 2.21. The van der Waals surface area contributed by atoms with Gasteiger partial charge < -0.3 is 10.1 Å². The third-order valence-corrected chi connectivity index (χ3v) is 3.51. The fourth-order valence-electron chi connectivity index (χ4n) is 2.36. The summed E-state index contributed by atoms with van der Waals surface area (Å²) >= 11 is 0. The molecule has 112 valence electrons. The molecule has 0 heterocycles. The minimum Gasteiger partial charge on any atom is -0.481 e. The molecular weight excluding hydrogens is 262 g/mol. The second kappa shape index (κ2) is 7.11. The molecular formula is C18H23NO2. The Morgan fingerprint density at radius 2 is 1.86 bits per heavy atom. The van der Waals surface area contributed by atoms with E-state index < -0.39 is 6.10 Å². The molecule has 0 aliphatic carbocycles. The summed E-state index contributed by atoms with van der Waals surface area (Å²) in [4.78, 5) is 12.1. The number of nitrogens with one attached hydrogen (secondary N) is 1. The van der Waals surface area contributed by atoms with Crippen molar-refractivity contribution in [1.29, 1.82) is 0 Å². The second-order valence-corrected chi connectivity index (χ2v) is 5.47. The van der Waals surface area contributed by atoms with Gasteiger partial charge >= 0.3 is 0 Å². The number of carbonyl (C=O) groups is 1. The molecule has 0 aliphatic heterocycles. The molecule has 2 rings (SSSR count). The van der Waals surface area contributed by atoms with Crippen LogP contribution in [0.15, 0.2) is 42.5 Å². The Morgan fingerprint density at radius 3 is 2.57 bits per heavy atom. The van der Waals surface area contributed by atoms with Gasteiger partial charge in [0.25, 0.3) is 5.91 Å². The van der Waals surface area contributed by atoms with Crippen molar-refractivity contribution in [2.75, 3.05) is 0 Å². The molecule has 1 amide bonds. The van der Waals surface area contributed by atoms with Gasteiger partial charge in [0.15, 0.2) is 6.10 Å². The minimum atomic E-state index is -0.495. The van der Waals surface area contributed by atoms with Crippen LogP contribution in [0.5, 0.6) is 5.75 Å². The van der Waals surface area contributed by atoms with Gasteiger partial charge in [0.2, 0.25) is 0 Å². The normalized spacial score (nSPS) is 13.7. The van der Waals surface area contributed by atoms with E-state index in [1.807, 2.05) is 43.3 Å². The molecule has 2 unspecified atom stereocenters. The maximum atomic E-state index is 12.1. The standard InChI is InChI=1S/C18H23NO2/c1-4-7-13(2)19-18(20)14(3)21-17-11-10-15-8-5-6-9-16(15)12-17/h5-6,8-14H,4,7H2,1-3H3,(H,19,20). The Bertz CT molecular complexity index is 609. The molecule has 3 nitrogen and oxygen atoms in total. The first kappa shape index (κ1) is 15.4. The minimum absolute atomic E-state index is 0.0656. The number of fused-ring (bicyclic) bond motifs is 1. The average Bonchev–Trinajstić information content (AvgIpc) is 2.47. The molecule has 0 saturated heterocycles. The Morgan fingerprint density at radius 1 is 1.14 bits per heavy atom. The van der Waals surface area contributed by atoms with E-state index in [1.165, 1.54) is 5.39 Å². The number of ether oxygens (including phenoxy) is 1. The molecule has 0 radical (unpaired) electrons. The van der Waals surface area contributed by atoms with Crippen LogP contribution in [-0.4, -0.2) is 18.1 Å². The molecule has 0 aliphatic rings. The zero-order valence-electron chi connectivity index (χ0n) is 12.9. The van der Waals surface area contributed by atoms with E-state index in [0.717, 1.165) is 24.0 Å². The lowest BCUT2D eigenvalue weighted by Crippen LogP contribution is -2.41. The lowest BCUT2D eigenvalue weighted by atomic mass is 10.1. The van der Waals surface area contributed by atoms with Gasteiger partial charge in [-0.25, -0.2) is 0 Å². The summed E-state index contributed by atoms with van der Waals surface area (Å²) in [6.07, 6.45) is 1.54. The Kier molecular flexibility index (Phi) is 5.20.